The number of nitrogens with two attached hydrogens (primary N) is 1. The Morgan fingerprint density at radius 1 is 1.37 bits per heavy atom. The van der Waals surface area contributed by atoms with E-state index in [2.05, 4.69) is 22.1 Å². The molecule has 1 aromatic heterocycles. The Balaban J connectivity index is 2.04. The third-order valence-electron chi connectivity index (χ3n) is 4.82. The molecule has 12 heteroatoms. The molecule has 1 saturated heterocycles. The number of thioether (sulfide) groups is 1. The fourth-order valence-corrected chi connectivity index (χ4v) is 4.82. The van der Waals surface area contributed by atoms with E-state index >= 15 is 0 Å². The largest absolute Gasteiger partial charge is 0.479 e. The van der Waals surface area contributed by atoms with Gasteiger partial charge in [-0.1, -0.05) is 48.7 Å². The summed E-state index contributed by atoms with van der Waals surface area (Å²) in [4.78, 5) is 38.6. The first-order chi connectivity index (χ1) is 14.3. The smallest absolute Gasteiger partial charge is 0.330 e. The number of likely N-dealkylation sites (tertiary alicyclic amines) is 1. The van der Waals surface area contributed by atoms with Gasteiger partial charge in [0.1, 0.15) is 0 Å². The van der Waals surface area contributed by atoms with Crippen LogP contribution in [0.3, 0.4) is 0 Å². The second-order valence-electron chi connectivity index (χ2n) is 6.69. The maximum absolute atomic E-state index is 13.2. The summed E-state index contributed by atoms with van der Waals surface area (Å²) in [6.45, 7) is 3.69. The Labute approximate surface area is 181 Å². The molecule has 2 heterocycles. The molecular weight excluding hydrogens is 432 g/mol. The first kappa shape index (κ1) is 21.8. The molecule has 4 unspecified atom stereocenters. The van der Waals surface area contributed by atoms with Gasteiger partial charge in [-0.3, -0.25) is 9.59 Å². The zero-order valence-electron chi connectivity index (χ0n) is 15.9. The number of tetrazole rings is 1. The number of benzene rings is 1. The molecule has 10 nitrogen and oxygen atoms in total. The Morgan fingerprint density at radius 2 is 2.03 bits per heavy atom. The standard InChI is InChI=1S/C18H19ClN6O4S/c1-9(8-19)13(17(28)29)25-15(27)12(16(25)30-18-21-22-23-24(18)2)11(14(20)26)10-6-4-3-5-7-10/h3-7,11-13,16H,1,8H2,2H3,(H2,20,26)(H,28,29). The Kier molecular flexibility index (Phi) is 6.42. The van der Waals surface area contributed by atoms with Gasteiger partial charge in [0.25, 0.3) is 0 Å². The van der Waals surface area contributed by atoms with Crippen LogP contribution < -0.4 is 5.73 Å². The van der Waals surface area contributed by atoms with Gasteiger partial charge in [-0.2, -0.15) is 0 Å². The molecule has 0 radical (unpaired) electrons. The van der Waals surface area contributed by atoms with Crippen molar-refractivity contribution in [1.29, 1.82) is 0 Å². The number of aromatic nitrogens is 4. The zero-order chi connectivity index (χ0) is 22.0. The lowest BCUT2D eigenvalue weighted by Crippen LogP contribution is -2.67. The minimum atomic E-state index is -1.35. The maximum atomic E-state index is 13.2. The van der Waals surface area contributed by atoms with E-state index in [-0.39, 0.29) is 11.5 Å². The van der Waals surface area contributed by atoms with Crippen molar-refractivity contribution in [2.75, 3.05) is 5.88 Å². The SMILES string of the molecule is C=C(CCl)C(C(=O)O)N1C(=O)C(C(C(N)=O)c2ccccc2)C1Sc1nnnn1C. The molecule has 3 rings (SSSR count). The number of alkyl halides is 1. The molecule has 0 saturated carbocycles. The molecule has 158 valence electrons. The summed E-state index contributed by atoms with van der Waals surface area (Å²) >= 11 is 6.88. The number of rotatable bonds is 9. The van der Waals surface area contributed by atoms with Crippen molar-refractivity contribution in [1.82, 2.24) is 25.1 Å². The first-order valence-corrected chi connectivity index (χ1v) is 10.2. The van der Waals surface area contributed by atoms with Crippen LogP contribution in [0.5, 0.6) is 0 Å². The lowest BCUT2D eigenvalue weighted by Gasteiger charge is -2.51. The van der Waals surface area contributed by atoms with Crippen LogP contribution in [-0.2, 0) is 21.4 Å². The number of carbonyl (C=O) groups is 3. The van der Waals surface area contributed by atoms with Crippen LogP contribution in [0.2, 0.25) is 0 Å². The van der Waals surface area contributed by atoms with Gasteiger partial charge in [0.2, 0.25) is 17.0 Å². The van der Waals surface area contributed by atoms with Gasteiger partial charge in [0.15, 0.2) is 6.04 Å². The molecule has 30 heavy (non-hydrogen) atoms. The first-order valence-electron chi connectivity index (χ1n) is 8.79. The van der Waals surface area contributed by atoms with Crippen LogP contribution in [0.25, 0.3) is 0 Å². The molecule has 0 aliphatic carbocycles. The number of primary amides is 1. The number of hydrogen-bond acceptors (Lipinski definition) is 7. The summed E-state index contributed by atoms with van der Waals surface area (Å²) in [7, 11) is 1.61. The van der Waals surface area contributed by atoms with Crippen LogP contribution in [0.4, 0.5) is 0 Å². The van der Waals surface area contributed by atoms with Gasteiger partial charge in [0.05, 0.1) is 17.2 Å². The fraction of sp³-hybridized carbons (Fsp3) is 0.333. The van der Waals surface area contributed by atoms with Crippen molar-refractivity contribution in [2.45, 2.75) is 22.5 Å². The third kappa shape index (κ3) is 3.90. The van der Waals surface area contributed by atoms with Crippen molar-refractivity contribution >= 4 is 41.1 Å². The zero-order valence-corrected chi connectivity index (χ0v) is 17.5. The van der Waals surface area contributed by atoms with Crippen LogP contribution in [0.1, 0.15) is 11.5 Å². The van der Waals surface area contributed by atoms with E-state index in [0.717, 1.165) is 16.7 Å². The molecule has 2 aromatic rings. The number of hydrogen-bond donors (Lipinski definition) is 2. The number of nitrogens with zero attached hydrogens (tertiary/aromatic N) is 5. The minimum absolute atomic E-state index is 0.146. The fourth-order valence-electron chi connectivity index (χ4n) is 3.42. The van der Waals surface area contributed by atoms with Crippen LogP contribution >= 0.6 is 23.4 Å². The van der Waals surface area contributed by atoms with Gasteiger partial charge in [-0.15, -0.1) is 16.7 Å². The second kappa shape index (κ2) is 8.84. The van der Waals surface area contributed by atoms with Gasteiger partial charge >= 0.3 is 5.97 Å². The van der Waals surface area contributed by atoms with Crippen molar-refractivity contribution in [2.24, 2.45) is 18.7 Å². The van der Waals surface area contributed by atoms with Crippen molar-refractivity contribution in [3.63, 3.8) is 0 Å². The summed E-state index contributed by atoms with van der Waals surface area (Å²) in [6, 6.07) is 7.28. The lowest BCUT2D eigenvalue weighted by atomic mass is 9.78. The molecule has 1 aromatic carbocycles. The number of aryl methyl sites for hydroxylation is 1. The van der Waals surface area contributed by atoms with E-state index < -0.39 is 41.0 Å². The highest BCUT2D eigenvalue weighted by Crippen LogP contribution is 2.47. The molecule has 4 atom stereocenters. The highest BCUT2D eigenvalue weighted by Gasteiger charge is 2.58. The summed E-state index contributed by atoms with van der Waals surface area (Å²) < 4.78 is 1.39. The van der Waals surface area contributed by atoms with Gasteiger partial charge < -0.3 is 15.7 Å². The maximum Gasteiger partial charge on any atom is 0.330 e. The number of carboxylic acid groups (broad SMARTS) is 1. The number of amides is 2. The predicted octanol–water partition coefficient (Wildman–Crippen LogP) is 0.604. The van der Waals surface area contributed by atoms with E-state index in [1.54, 1.807) is 37.4 Å². The molecular formula is C18H19ClN6O4S. The molecule has 2 amide bonds. The summed E-state index contributed by atoms with van der Waals surface area (Å²) in [5, 5.41) is 20.5. The quantitative estimate of drug-likeness (QED) is 0.321. The van der Waals surface area contributed by atoms with E-state index in [1.165, 1.54) is 4.68 Å². The van der Waals surface area contributed by atoms with Crippen molar-refractivity contribution < 1.29 is 19.5 Å². The van der Waals surface area contributed by atoms with E-state index in [0.29, 0.717) is 10.7 Å². The number of aliphatic carboxylic acids is 1. The van der Waals surface area contributed by atoms with Crippen LogP contribution in [0, 0.1) is 5.92 Å². The monoisotopic (exact) mass is 450 g/mol. The van der Waals surface area contributed by atoms with Crippen molar-refractivity contribution in [3.8, 4) is 0 Å². The Morgan fingerprint density at radius 3 is 2.53 bits per heavy atom. The predicted molar refractivity (Wildman–Crippen MR) is 108 cm³/mol. The molecule has 3 N–H and O–H groups in total. The summed E-state index contributed by atoms with van der Waals surface area (Å²) in [5.41, 5.74) is 6.36. The summed E-state index contributed by atoms with van der Waals surface area (Å²) in [5.74, 6) is -4.50. The molecule has 1 aliphatic heterocycles. The lowest BCUT2D eigenvalue weighted by molar-refractivity contribution is -0.164. The normalized spacial score (nSPS) is 20.3. The van der Waals surface area contributed by atoms with E-state index in [1.807, 2.05) is 0 Å². The van der Waals surface area contributed by atoms with E-state index in [9.17, 15) is 19.5 Å². The highest BCUT2D eigenvalue weighted by molar-refractivity contribution is 7.99. The van der Waals surface area contributed by atoms with Crippen LogP contribution in [-0.4, -0.2) is 65.3 Å². The van der Waals surface area contributed by atoms with E-state index in [4.69, 9.17) is 17.3 Å². The number of carboxylic acids is 1. The second-order valence-corrected chi connectivity index (χ2v) is 8.04. The number of halogens is 1. The average molecular weight is 451 g/mol. The summed E-state index contributed by atoms with van der Waals surface area (Å²) in [6.07, 6.45) is 0. The Bertz CT molecular complexity index is 984. The average Bonchev–Trinajstić information content (AvgIpc) is 3.13. The Hall–Kier alpha value is -2.92. The topological polar surface area (TPSA) is 144 Å². The van der Waals surface area contributed by atoms with Gasteiger partial charge in [-0.05, 0) is 21.6 Å². The minimum Gasteiger partial charge on any atom is -0.479 e. The van der Waals surface area contributed by atoms with Gasteiger partial charge in [-0.25, -0.2) is 9.48 Å². The molecule has 1 fully saturated rings. The molecule has 1 aliphatic rings. The molecule has 0 spiro atoms. The highest BCUT2D eigenvalue weighted by atomic mass is 35.5. The van der Waals surface area contributed by atoms with Crippen LogP contribution in [0.15, 0.2) is 47.6 Å². The van der Waals surface area contributed by atoms with Gasteiger partial charge in [0, 0.05) is 12.9 Å². The molecule has 0 bridgehead atoms. The number of carbonyl (C=O) groups excluding carboxylic acids is 2. The van der Waals surface area contributed by atoms with Crippen molar-refractivity contribution in [3.05, 3.63) is 48.0 Å². The third-order valence-corrected chi connectivity index (χ3v) is 6.49. The number of β-lactam (4-membered cyclic amide) rings is 1.